The number of carbonyl (C=O) groups is 2. The van der Waals surface area contributed by atoms with Gasteiger partial charge in [-0.05, 0) is 11.6 Å². The lowest BCUT2D eigenvalue weighted by atomic mass is 10.1. The normalized spacial score (nSPS) is 16.2. The van der Waals surface area contributed by atoms with Crippen LogP contribution in [-0.2, 0) is 16.0 Å². The van der Waals surface area contributed by atoms with Crippen molar-refractivity contribution in [2.45, 2.75) is 18.9 Å². The van der Waals surface area contributed by atoms with Gasteiger partial charge < -0.3 is 19.5 Å². The van der Waals surface area contributed by atoms with Crippen molar-refractivity contribution in [1.82, 2.24) is 4.90 Å². The van der Waals surface area contributed by atoms with E-state index in [1.165, 1.54) is 4.90 Å². The van der Waals surface area contributed by atoms with Gasteiger partial charge >= 0.3 is 5.97 Å². The number of benzene rings is 1. The smallest absolute Gasteiger partial charge is 0.345 e. The number of nitrogens with zero attached hydrogens (tertiary/aromatic N) is 1. The molecule has 108 valence electrons. The first-order valence-corrected chi connectivity index (χ1v) is 6.32. The average molecular weight is 279 g/mol. The fourth-order valence-corrected chi connectivity index (χ4v) is 1.92. The number of fused-ring (bicyclic) bond motifs is 1. The summed E-state index contributed by atoms with van der Waals surface area (Å²) in [5, 5.41) is 8.91. The lowest BCUT2D eigenvalue weighted by molar-refractivity contribution is -0.144. The summed E-state index contributed by atoms with van der Waals surface area (Å²) in [4.78, 5) is 23.8. The maximum Gasteiger partial charge on any atom is 0.345 e. The molecule has 1 aromatic rings. The van der Waals surface area contributed by atoms with Gasteiger partial charge in [0.25, 0.3) is 0 Å². The van der Waals surface area contributed by atoms with Crippen molar-refractivity contribution in [2.24, 2.45) is 0 Å². The van der Waals surface area contributed by atoms with Crippen LogP contribution in [0.4, 0.5) is 0 Å². The van der Waals surface area contributed by atoms with E-state index in [2.05, 4.69) is 0 Å². The Morgan fingerprint density at radius 2 is 2.20 bits per heavy atom. The molecule has 0 saturated carbocycles. The maximum atomic E-state index is 11.4. The summed E-state index contributed by atoms with van der Waals surface area (Å²) in [6.07, 6.45) is -0.164. The third-order valence-corrected chi connectivity index (χ3v) is 3.07. The van der Waals surface area contributed by atoms with Crippen LogP contribution in [0.1, 0.15) is 12.0 Å². The molecule has 1 heterocycles. The first-order valence-electron chi connectivity index (χ1n) is 6.32. The van der Waals surface area contributed by atoms with Crippen LogP contribution in [0.15, 0.2) is 18.2 Å². The highest BCUT2D eigenvalue weighted by molar-refractivity contribution is 5.75. The minimum absolute atomic E-state index is 0.00616. The summed E-state index contributed by atoms with van der Waals surface area (Å²) in [6, 6.07) is 5.21. The summed E-state index contributed by atoms with van der Waals surface area (Å²) < 4.78 is 10.8. The van der Waals surface area contributed by atoms with Crippen molar-refractivity contribution in [3.63, 3.8) is 0 Å². The minimum Gasteiger partial charge on any atom is -0.493 e. The summed E-state index contributed by atoms with van der Waals surface area (Å²) in [5.41, 5.74) is 0.856. The van der Waals surface area contributed by atoms with Crippen LogP contribution in [0, 0.1) is 0 Å². The molecule has 1 N–H and O–H groups in total. The van der Waals surface area contributed by atoms with Gasteiger partial charge in [0.05, 0.1) is 13.0 Å². The van der Waals surface area contributed by atoms with Gasteiger partial charge in [-0.25, -0.2) is 4.79 Å². The number of amides is 1. The Labute approximate surface area is 116 Å². The van der Waals surface area contributed by atoms with E-state index < -0.39 is 12.1 Å². The molecule has 2 rings (SSSR count). The van der Waals surface area contributed by atoms with E-state index in [0.29, 0.717) is 24.3 Å². The Bertz CT molecular complexity index is 526. The summed E-state index contributed by atoms with van der Waals surface area (Å²) >= 11 is 0. The zero-order chi connectivity index (χ0) is 14.7. The number of aliphatic carboxylic acids is 1. The highest BCUT2D eigenvalue weighted by Crippen LogP contribution is 2.32. The van der Waals surface area contributed by atoms with E-state index in [0.717, 1.165) is 5.56 Å². The molecule has 0 bridgehead atoms. The minimum atomic E-state index is -0.972. The Kier molecular flexibility index (Phi) is 4.12. The third kappa shape index (κ3) is 3.20. The number of carboxylic acid groups (broad SMARTS) is 1. The van der Waals surface area contributed by atoms with Gasteiger partial charge in [0.15, 0.2) is 6.10 Å². The molecule has 1 aromatic carbocycles. The van der Waals surface area contributed by atoms with Crippen LogP contribution in [0.3, 0.4) is 0 Å². The molecule has 6 nitrogen and oxygen atoms in total. The van der Waals surface area contributed by atoms with E-state index in [9.17, 15) is 9.59 Å². The number of carbonyl (C=O) groups excluding carboxylic acids is 1. The van der Waals surface area contributed by atoms with Crippen molar-refractivity contribution in [3.05, 3.63) is 23.8 Å². The van der Waals surface area contributed by atoms with Crippen molar-refractivity contribution in [1.29, 1.82) is 0 Å². The summed E-state index contributed by atoms with van der Waals surface area (Å²) in [5.74, 6) is 0.129. The van der Waals surface area contributed by atoms with Gasteiger partial charge in [0.1, 0.15) is 11.5 Å². The zero-order valence-electron chi connectivity index (χ0n) is 11.5. The third-order valence-electron chi connectivity index (χ3n) is 3.07. The van der Waals surface area contributed by atoms with Gasteiger partial charge in [-0.1, -0.05) is 6.07 Å². The molecule has 0 aliphatic carbocycles. The fraction of sp³-hybridized carbons (Fsp3) is 0.429. The van der Waals surface area contributed by atoms with Crippen LogP contribution in [0.25, 0.3) is 0 Å². The van der Waals surface area contributed by atoms with Crippen molar-refractivity contribution in [3.8, 4) is 11.5 Å². The maximum absolute atomic E-state index is 11.4. The number of ether oxygens (including phenoxy) is 2. The van der Waals surface area contributed by atoms with Crippen molar-refractivity contribution in [2.75, 3.05) is 20.7 Å². The van der Waals surface area contributed by atoms with Gasteiger partial charge in [0.2, 0.25) is 5.91 Å². The number of carboxylic acids is 1. The second-order valence-corrected chi connectivity index (χ2v) is 4.81. The molecule has 0 fully saturated rings. The van der Waals surface area contributed by atoms with E-state index in [1.807, 2.05) is 0 Å². The quantitative estimate of drug-likeness (QED) is 0.867. The monoisotopic (exact) mass is 279 g/mol. The predicted octanol–water partition coefficient (Wildman–Crippen LogP) is 0.932. The zero-order valence-corrected chi connectivity index (χ0v) is 11.5. The van der Waals surface area contributed by atoms with Crippen LogP contribution in [-0.4, -0.2) is 48.7 Å². The number of hydrogen-bond acceptors (Lipinski definition) is 4. The number of rotatable bonds is 5. The molecule has 1 aliphatic heterocycles. The van der Waals surface area contributed by atoms with Gasteiger partial charge in [-0.15, -0.1) is 0 Å². The largest absolute Gasteiger partial charge is 0.493 e. The molecule has 6 heteroatoms. The highest BCUT2D eigenvalue weighted by atomic mass is 16.5. The molecule has 1 aliphatic rings. The Balaban J connectivity index is 1.92. The number of hydrogen-bond donors (Lipinski definition) is 1. The van der Waals surface area contributed by atoms with E-state index >= 15 is 0 Å². The second-order valence-electron chi connectivity index (χ2n) is 4.81. The Hall–Kier alpha value is -2.24. The van der Waals surface area contributed by atoms with Crippen LogP contribution in [0.5, 0.6) is 11.5 Å². The molecular formula is C14H17NO5. The molecule has 1 atom stereocenters. The van der Waals surface area contributed by atoms with Crippen LogP contribution < -0.4 is 9.47 Å². The summed E-state index contributed by atoms with van der Waals surface area (Å²) in [6.45, 7) is 0.276. The SMILES string of the molecule is CN(C)C(=O)CCOc1ccc2c(c1)OC(C(=O)O)C2. The molecular weight excluding hydrogens is 262 g/mol. The molecule has 0 saturated heterocycles. The fourth-order valence-electron chi connectivity index (χ4n) is 1.92. The summed E-state index contributed by atoms with van der Waals surface area (Å²) in [7, 11) is 3.38. The predicted molar refractivity (Wildman–Crippen MR) is 71.0 cm³/mol. The lowest BCUT2D eigenvalue weighted by Gasteiger charge is -2.11. The molecule has 0 spiro atoms. The Morgan fingerprint density at radius 1 is 1.45 bits per heavy atom. The second kappa shape index (κ2) is 5.81. The van der Waals surface area contributed by atoms with Gasteiger partial charge in [-0.2, -0.15) is 0 Å². The Morgan fingerprint density at radius 3 is 2.85 bits per heavy atom. The van der Waals surface area contributed by atoms with E-state index in [4.69, 9.17) is 14.6 Å². The topological polar surface area (TPSA) is 76.1 Å². The first kappa shape index (κ1) is 14.2. The van der Waals surface area contributed by atoms with Gasteiger partial charge in [-0.3, -0.25) is 4.79 Å². The van der Waals surface area contributed by atoms with Gasteiger partial charge in [0, 0.05) is 26.6 Å². The lowest BCUT2D eigenvalue weighted by Crippen LogP contribution is -2.24. The highest BCUT2D eigenvalue weighted by Gasteiger charge is 2.28. The molecule has 1 amide bonds. The van der Waals surface area contributed by atoms with Crippen LogP contribution in [0.2, 0.25) is 0 Å². The van der Waals surface area contributed by atoms with Crippen molar-refractivity contribution < 1.29 is 24.2 Å². The standard InChI is InChI=1S/C14H17NO5/c1-15(2)13(16)5-6-19-10-4-3-9-7-12(14(17)18)20-11(9)8-10/h3-4,8,12H,5-7H2,1-2H3,(H,17,18). The van der Waals surface area contributed by atoms with Crippen LogP contribution >= 0.6 is 0 Å². The molecule has 0 aromatic heterocycles. The average Bonchev–Trinajstić information content (AvgIpc) is 2.81. The molecule has 20 heavy (non-hydrogen) atoms. The van der Waals surface area contributed by atoms with Crippen molar-refractivity contribution >= 4 is 11.9 Å². The first-order chi connectivity index (χ1) is 9.47. The van der Waals surface area contributed by atoms with E-state index in [1.54, 1.807) is 32.3 Å². The van der Waals surface area contributed by atoms with E-state index in [-0.39, 0.29) is 12.5 Å². The molecule has 1 unspecified atom stereocenters. The molecule has 0 radical (unpaired) electrons.